The van der Waals surface area contributed by atoms with Crippen LogP contribution >= 0.6 is 24.0 Å². The largest absolute Gasteiger partial charge is 0.381 e. The van der Waals surface area contributed by atoms with Gasteiger partial charge in [0.2, 0.25) is 10.0 Å². The number of nitrogens with zero attached hydrogens (tertiary/aromatic N) is 2. The van der Waals surface area contributed by atoms with Gasteiger partial charge in [0.15, 0.2) is 5.96 Å². The Balaban J connectivity index is 0.00000576. The molecular weight excluding hydrogens is 455 g/mol. The van der Waals surface area contributed by atoms with Gasteiger partial charge in [0.05, 0.1) is 5.75 Å². The Morgan fingerprint density at radius 1 is 1.28 bits per heavy atom. The van der Waals surface area contributed by atoms with Gasteiger partial charge >= 0.3 is 0 Å². The van der Waals surface area contributed by atoms with Crippen LogP contribution in [-0.4, -0.2) is 71.5 Å². The number of nitrogens with one attached hydrogen (secondary N) is 2. The van der Waals surface area contributed by atoms with Gasteiger partial charge in [-0.15, -0.1) is 24.0 Å². The lowest BCUT2D eigenvalue weighted by molar-refractivity contribution is 0.0625. The Bertz CT molecular complexity index is 468. The maximum atomic E-state index is 11.4. The minimum absolute atomic E-state index is 0. The Kier molecular flexibility index (Phi) is 13.9. The van der Waals surface area contributed by atoms with E-state index in [2.05, 4.69) is 33.9 Å². The summed E-state index contributed by atoms with van der Waals surface area (Å²) in [6.45, 7) is 8.30. The molecule has 0 aromatic carbocycles. The predicted molar refractivity (Wildman–Crippen MR) is 114 cm³/mol. The molecule has 0 bridgehead atoms. The lowest BCUT2D eigenvalue weighted by Gasteiger charge is -2.26. The average Bonchev–Trinajstić information content (AvgIpc) is 2.59. The number of sulfonamides is 1. The van der Waals surface area contributed by atoms with Crippen LogP contribution in [0.1, 0.15) is 39.5 Å². The lowest BCUT2D eigenvalue weighted by Crippen LogP contribution is -2.40. The standard InChI is InChI=1S/C16H34N4O3S.HI/c1-4-17-16(18-10-6-11-19-24(21,22)5-2)20(3)12-7-15-8-13-23-14-9-15;/h15,19H,4-14H2,1-3H3,(H,17,18);1H. The van der Waals surface area contributed by atoms with Gasteiger partial charge in [-0.2, -0.15) is 0 Å². The van der Waals surface area contributed by atoms with Crippen molar-refractivity contribution in [3.63, 3.8) is 0 Å². The molecule has 9 heteroatoms. The summed E-state index contributed by atoms with van der Waals surface area (Å²) in [6.07, 6.45) is 4.15. The number of hydrogen-bond donors (Lipinski definition) is 2. The number of halogens is 1. The topological polar surface area (TPSA) is 83.0 Å². The Morgan fingerprint density at radius 3 is 2.56 bits per heavy atom. The van der Waals surface area contributed by atoms with Crippen molar-refractivity contribution in [1.29, 1.82) is 0 Å². The second-order valence-electron chi connectivity index (χ2n) is 6.15. The predicted octanol–water partition coefficient (Wildman–Crippen LogP) is 1.65. The minimum atomic E-state index is -3.10. The van der Waals surface area contributed by atoms with Crippen molar-refractivity contribution in [2.75, 3.05) is 52.2 Å². The van der Waals surface area contributed by atoms with Gasteiger partial charge in [-0.3, -0.25) is 4.99 Å². The summed E-state index contributed by atoms with van der Waals surface area (Å²) in [6, 6.07) is 0. The van der Waals surface area contributed by atoms with E-state index in [-0.39, 0.29) is 29.7 Å². The van der Waals surface area contributed by atoms with Gasteiger partial charge < -0.3 is 15.0 Å². The highest BCUT2D eigenvalue weighted by Crippen LogP contribution is 2.18. The number of hydrogen-bond acceptors (Lipinski definition) is 4. The van der Waals surface area contributed by atoms with Crippen LogP contribution < -0.4 is 10.0 Å². The zero-order valence-electron chi connectivity index (χ0n) is 15.8. The van der Waals surface area contributed by atoms with E-state index in [4.69, 9.17) is 4.74 Å². The fraction of sp³-hybridized carbons (Fsp3) is 0.938. The SMILES string of the molecule is CCNC(=NCCCNS(=O)(=O)CC)N(C)CCC1CCOCC1.I. The third-order valence-corrected chi connectivity index (χ3v) is 5.61. The van der Waals surface area contributed by atoms with E-state index in [9.17, 15) is 8.42 Å². The molecule has 0 amide bonds. The fourth-order valence-electron chi connectivity index (χ4n) is 2.58. The monoisotopic (exact) mass is 490 g/mol. The van der Waals surface area contributed by atoms with Gasteiger partial charge in [0.25, 0.3) is 0 Å². The molecule has 2 N–H and O–H groups in total. The van der Waals surface area contributed by atoms with E-state index in [0.29, 0.717) is 19.5 Å². The highest BCUT2D eigenvalue weighted by atomic mass is 127. The first kappa shape index (κ1) is 24.9. The molecule has 1 fully saturated rings. The first-order valence-corrected chi connectivity index (χ1v) is 10.7. The molecule has 150 valence electrons. The maximum absolute atomic E-state index is 11.4. The van der Waals surface area contributed by atoms with Crippen molar-refractivity contribution in [2.45, 2.75) is 39.5 Å². The number of guanidine groups is 1. The number of ether oxygens (including phenoxy) is 1. The second-order valence-corrected chi connectivity index (χ2v) is 8.25. The Morgan fingerprint density at radius 2 is 1.96 bits per heavy atom. The first-order chi connectivity index (χ1) is 11.5. The smallest absolute Gasteiger partial charge is 0.211 e. The molecule has 0 aromatic heterocycles. The van der Waals surface area contributed by atoms with Crippen LogP contribution in [-0.2, 0) is 14.8 Å². The van der Waals surface area contributed by atoms with Crippen LogP contribution in [0.15, 0.2) is 4.99 Å². The van der Waals surface area contributed by atoms with E-state index in [1.807, 2.05) is 0 Å². The summed E-state index contributed by atoms with van der Waals surface area (Å²) >= 11 is 0. The van der Waals surface area contributed by atoms with Crippen molar-refractivity contribution in [3.05, 3.63) is 0 Å². The van der Waals surface area contributed by atoms with E-state index in [1.165, 1.54) is 0 Å². The van der Waals surface area contributed by atoms with Gasteiger partial charge in [-0.05, 0) is 45.4 Å². The molecular formula is C16H35IN4O3S. The van der Waals surface area contributed by atoms with Crippen molar-refractivity contribution in [2.24, 2.45) is 10.9 Å². The van der Waals surface area contributed by atoms with E-state index < -0.39 is 10.0 Å². The molecule has 0 aliphatic carbocycles. The number of rotatable bonds is 10. The molecule has 0 radical (unpaired) electrons. The highest BCUT2D eigenvalue weighted by Gasteiger charge is 2.15. The fourth-order valence-corrected chi connectivity index (χ4v) is 3.24. The van der Waals surface area contributed by atoms with Crippen molar-refractivity contribution < 1.29 is 13.2 Å². The van der Waals surface area contributed by atoms with Crippen LogP contribution in [0.3, 0.4) is 0 Å². The van der Waals surface area contributed by atoms with Gasteiger partial charge in [0, 0.05) is 46.4 Å². The Labute approximate surface area is 170 Å². The third kappa shape index (κ3) is 11.2. The van der Waals surface area contributed by atoms with Crippen molar-refractivity contribution in [3.8, 4) is 0 Å². The van der Waals surface area contributed by atoms with Gasteiger partial charge in [-0.1, -0.05) is 0 Å². The van der Waals surface area contributed by atoms with Crippen molar-refractivity contribution >= 4 is 40.0 Å². The van der Waals surface area contributed by atoms with Crippen LogP contribution in [0, 0.1) is 5.92 Å². The van der Waals surface area contributed by atoms with E-state index in [1.54, 1.807) is 6.92 Å². The average molecular weight is 490 g/mol. The molecule has 1 heterocycles. The zero-order chi connectivity index (χ0) is 17.8. The van der Waals surface area contributed by atoms with E-state index in [0.717, 1.165) is 57.4 Å². The first-order valence-electron chi connectivity index (χ1n) is 9.03. The molecule has 7 nitrogen and oxygen atoms in total. The molecule has 1 saturated heterocycles. The van der Waals surface area contributed by atoms with Crippen LogP contribution in [0.25, 0.3) is 0 Å². The van der Waals surface area contributed by atoms with Crippen molar-refractivity contribution in [1.82, 2.24) is 14.9 Å². The summed E-state index contributed by atoms with van der Waals surface area (Å²) in [5, 5.41) is 3.30. The summed E-state index contributed by atoms with van der Waals surface area (Å²) in [5.41, 5.74) is 0. The van der Waals surface area contributed by atoms with Crippen LogP contribution in [0.4, 0.5) is 0 Å². The molecule has 1 aliphatic heterocycles. The summed E-state index contributed by atoms with van der Waals surface area (Å²) in [7, 11) is -1.05. The Hall–Kier alpha value is -0.130. The molecule has 25 heavy (non-hydrogen) atoms. The third-order valence-electron chi connectivity index (χ3n) is 4.21. The summed E-state index contributed by atoms with van der Waals surface area (Å²) in [4.78, 5) is 6.76. The zero-order valence-corrected chi connectivity index (χ0v) is 18.9. The molecule has 0 spiro atoms. The minimum Gasteiger partial charge on any atom is -0.381 e. The van der Waals surface area contributed by atoms with Crippen LogP contribution in [0.5, 0.6) is 0 Å². The van der Waals surface area contributed by atoms with E-state index >= 15 is 0 Å². The molecule has 1 rings (SSSR count). The quantitative estimate of drug-likeness (QED) is 0.211. The maximum Gasteiger partial charge on any atom is 0.211 e. The molecule has 1 aliphatic rings. The lowest BCUT2D eigenvalue weighted by atomic mass is 9.96. The highest BCUT2D eigenvalue weighted by molar-refractivity contribution is 14.0. The van der Waals surface area contributed by atoms with Crippen LogP contribution in [0.2, 0.25) is 0 Å². The second kappa shape index (κ2) is 14.0. The normalized spacial score (nSPS) is 16.4. The summed E-state index contributed by atoms with van der Waals surface area (Å²) in [5.74, 6) is 1.75. The molecule has 0 aromatic rings. The van der Waals surface area contributed by atoms with Gasteiger partial charge in [0.1, 0.15) is 0 Å². The van der Waals surface area contributed by atoms with Gasteiger partial charge in [-0.25, -0.2) is 13.1 Å². The molecule has 0 saturated carbocycles. The summed E-state index contributed by atoms with van der Waals surface area (Å²) < 4.78 is 30.7. The molecule has 0 unspecified atom stereocenters. The molecule has 0 atom stereocenters. The number of aliphatic imine (C=N–C) groups is 1.